The fraction of sp³-hybridized carbons (Fsp3) is 0.182. The summed E-state index contributed by atoms with van der Waals surface area (Å²) < 4.78 is 10.8. The van der Waals surface area contributed by atoms with E-state index in [9.17, 15) is 9.90 Å². The first-order valence-corrected chi connectivity index (χ1v) is 13.4. The van der Waals surface area contributed by atoms with E-state index in [1.54, 1.807) is 14.0 Å². The van der Waals surface area contributed by atoms with Crippen molar-refractivity contribution in [3.8, 4) is 5.75 Å². The van der Waals surface area contributed by atoms with Crippen LogP contribution in [0.5, 0.6) is 5.75 Å². The minimum Gasteiger partial charge on any atom is -0.507 e. The minimum atomic E-state index is -0.513. The molecule has 2 atom stereocenters. The molecule has 6 rings (SSSR count). The zero-order valence-electron chi connectivity index (χ0n) is 21.7. The normalized spacial score (nSPS) is 18.3. The van der Waals surface area contributed by atoms with E-state index in [1.807, 2.05) is 60.7 Å². The molecule has 39 heavy (non-hydrogen) atoms. The van der Waals surface area contributed by atoms with Crippen LogP contribution in [0.2, 0.25) is 5.02 Å². The van der Waals surface area contributed by atoms with Crippen molar-refractivity contribution in [2.45, 2.75) is 25.3 Å². The average Bonchev–Trinajstić information content (AvgIpc) is 2.96. The molecule has 0 bridgehead atoms. The van der Waals surface area contributed by atoms with E-state index in [1.165, 1.54) is 0 Å². The highest BCUT2D eigenvalue weighted by Crippen LogP contribution is 2.53. The second-order valence-electron chi connectivity index (χ2n) is 9.74. The Balaban J connectivity index is 1.63. The maximum atomic E-state index is 13.4. The lowest BCUT2D eigenvalue weighted by Crippen LogP contribution is -2.29. The van der Waals surface area contributed by atoms with Crippen LogP contribution < -0.4 is 10.1 Å². The Morgan fingerprint density at radius 1 is 0.974 bits per heavy atom. The highest BCUT2D eigenvalue weighted by molar-refractivity contribution is 6.30. The van der Waals surface area contributed by atoms with Crippen LogP contribution in [0.3, 0.4) is 0 Å². The van der Waals surface area contributed by atoms with Crippen molar-refractivity contribution in [3.63, 3.8) is 0 Å². The number of anilines is 1. The molecule has 1 heterocycles. The lowest BCUT2D eigenvalue weighted by Gasteiger charge is -2.38. The van der Waals surface area contributed by atoms with Crippen LogP contribution in [0.4, 0.5) is 5.69 Å². The Hall–Kier alpha value is -4.22. The number of hydrogen-bond donors (Lipinski definition) is 2. The van der Waals surface area contributed by atoms with Crippen molar-refractivity contribution in [2.24, 2.45) is 0 Å². The molecule has 0 spiro atoms. The van der Waals surface area contributed by atoms with Crippen LogP contribution in [0.15, 0.2) is 102 Å². The molecular weight excluding hydrogens is 510 g/mol. The standard InChI is InChI=1S/C33H28ClNO4/c1-3-39-33(37)30-25(20-10-15-23(38-2)16-11-20)18-26-28-24-7-5-4-6-19(24)12-17-27(28)35-31(29(26)32(30)36)21-8-13-22(34)14-9-21/h4-17,25,31,35-36H,3,18H2,1-2H3. The van der Waals surface area contributed by atoms with Crippen molar-refractivity contribution in [1.82, 2.24) is 0 Å². The van der Waals surface area contributed by atoms with Gasteiger partial charge in [-0.2, -0.15) is 0 Å². The molecule has 0 radical (unpaired) electrons. The van der Waals surface area contributed by atoms with Crippen molar-refractivity contribution in [2.75, 3.05) is 19.0 Å². The van der Waals surface area contributed by atoms with E-state index in [4.69, 9.17) is 21.1 Å². The molecule has 0 fully saturated rings. The number of esters is 1. The quantitative estimate of drug-likeness (QED) is 0.252. The monoisotopic (exact) mass is 537 g/mol. The molecule has 1 aliphatic carbocycles. The molecule has 0 amide bonds. The van der Waals surface area contributed by atoms with Gasteiger partial charge in [0.1, 0.15) is 11.5 Å². The van der Waals surface area contributed by atoms with Gasteiger partial charge in [0.05, 0.1) is 25.3 Å². The molecule has 4 aromatic rings. The number of fused-ring (bicyclic) bond motifs is 4. The number of hydrogen-bond acceptors (Lipinski definition) is 5. The van der Waals surface area contributed by atoms with E-state index >= 15 is 0 Å². The van der Waals surface area contributed by atoms with E-state index in [2.05, 4.69) is 29.6 Å². The average molecular weight is 538 g/mol. The Kier molecular flexibility index (Phi) is 6.53. The first-order valence-electron chi connectivity index (χ1n) is 13.0. The van der Waals surface area contributed by atoms with Crippen LogP contribution >= 0.6 is 11.6 Å². The predicted molar refractivity (Wildman–Crippen MR) is 155 cm³/mol. The van der Waals surface area contributed by atoms with Crippen LogP contribution in [0, 0.1) is 0 Å². The van der Waals surface area contributed by atoms with Gasteiger partial charge in [0, 0.05) is 27.8 Å². The van der Waals surface area contributed by atoms with Crippen LogP contribution in [0.25, 0.3) is 16.3 Å². The fourth-order valence-corrected chi connectivity index (χ4v) is 5.96. The Morgan fingerprint density at radius 2 is 1.69 bits per heavy atom. The number of aliphatic hydroxyl groups excluding tert-OH is 1. The van der Waals surface area contributed by atoms with Gasteiger partial charge >= 0.3 is 5.97 Å². The second kappa shape index (κ2) is 10.2. The van der Waals surface area contributed by atoms with Crippen molar-refractivity contribution in [1.29, 1.82) is 0 Å². The summed E-state index contributed by atoms with van der Waals surface area (Å²) in [6, 6.07) is 27.3. The number of allylic oxidation sites excluding steroid dienone is 1. The molecule has 0 aromatic heterocycles. The highest BCUT2D eigenvalue weighted by Gasteiger charge is 2.41. The Bertz CT molecular complexity index is 1640. The van der Waals surface area contributed by atoms with Crippen molar-refractivity contribution < 1.29 is 19.4 Å². The summed E-state index contributed by atoms with van der Waals surface area (Å²) in [5, 5.41) is 18.5. The van der Waals surface area contributed by atoms with Crippen LogP contribution in [-0.2, 0) is 9.53 Å². The lowest BCUT2D eigenvalue weighted by atomic mass is 9.71. The molecule has 0 saturated heterocycles. The molecule has 196 valence electrons. The van der Waals surface area contributed by atoms with Gasteiger partial charge in [0.25, 0.3) is 0 Å². The van der Waals surface area contributed by atoms with Crippen LogP contribution in [-0.4, -0.2) is 24.8 Å². The largest absolute Gasteiger partial charge is 0.507 e. The molecule has 2 aliphatic rings. The van der Waals surface area contributed by atoms with Gasteiger partial charge in [0.15, 0.2) is 0 Å². The van der Waals surface area contributed by atoms with Gasteiger partial charge in [-0.05, 0) is 71.1 Å². The summed E-state index contributed by atoms with van der Waals surface area (Å²) in [6.45, 7) is 1.98. The first kappa shape index (κ1) is 25.1. The summed E-state index contributed by atoms with van der Waals surface area (Å²) >= 11 is 6.21. The lowest BCUT2D eigenvalue weighted by molar-refractivity contribution is -0.139. The van der Waals surface area contributed by atoms with Gasteiger partial charge in [-0.3, -0.25) is 0 Å². The Labute approximate surface area is 232 Å². The van der Waals surface area contributed by atoms with Crippen LogP contribution in [0.1, 0.15) is 42.0 Å². The number of methoxy groups -OCH3 is 1. The molecule has 5 nitrogen and oxygen atoms in total. The number of carbonyl (C=O) groups excluding carboxylic acids is 1. The first-order chi connectivity index (χ1) is 19.0. The van der Waals surface area contributed by atoms with Gasteiger partial charge in [-0.25, -0.2) is 4.79 Å². The van der Waals surface area contributed by atoms with Crippen molar-refractivity contribution in [3.05, 3.63) is 124 Å². The summed E-state index contributed by atoms with van der Waals surface area (Å²) in [4.78, 5) is 13.4. The molecule has 6 heteroatoms. The zero-order valence-corrected chi connectivity index (χ0v) is 22.5. The smallest absolute Gasteiger partial charge is 0.338 e. The predicted octanol–water partition coefficient (Wildman–Crippen LogP) is 7.98. The van der Waals surface area contributed by atoms with E-state index in [0.717, 1.165) is 44.5 Å². The number of halogens is 1. The molecule has 4 aromatic carbocycles. The van der Waals surface area contributed by atoms with Crippen molar-refractivity contribution >= 4 is 39.6 Å². The third kappa shape index (κ3) is 4.33. The topological polar surface area (TPSA) is 67.8 Å². The number of benzene rings is 4. The third-order valence-electron chi connectivity index (χ3n) is 7.63. The molecule has 2 unspecified atom stereocenters. The summed E-state index contributed by atoms with van der Waals surface area (Å²) in [5.74, 6) is -0.228. The Morgan fingerprint density at radius 3 is 2.41 bits per heavy atom. The van der Waals surface area contributed by atoms with Gasteiger partial charge in [-0.1, -0.05) is 66.2 Å². The number of ether oxygens (including phenoxy) is 2. The van der Waals surface area contributed by atoms with E-state index in [0.29, 0.717) is 17.0 Å². The number of nitrogens with one attached hydrogen (secondary N) is 1. The second-order valence-corrected chi connectivity index (χ2v) is 10.2. The van der Waals surface area contributed by atoms with Gasteiger partial charge in [0.2, 0.25) is 0 Å². The van der Waals surface area contributed by atoms with Gasteiger partial charge < -0.3 is 19.9 Å². The molecule has 0 saturated carbocycles. The maximum absolute atomic E-state index is 13.4. The molecule has 2 N–H and O–H groups in total. The molecular formula is C33H28ClNO4. The highest BCUT2D eigenvalue weighted by atomic mass is 35.5. The summed E-state index contributed by atoms with van der Waals surface area (Å²) in [5.41, 5.74) is 5.82. The van der Waals surface area contributed by atoms with E-state index in [-0.39, 0.29) is 24.0 Å². The summed E-state index contributed by atoms with van der Waals surface area (Å²) in [6.07, 6.45) is 0.520. The minimum absolute atomic E-state index is 0.0402. The molecule has 1 aliphatic heterocycles. The number of aliphatic hydroxyl groups is 1. The SMILES string of the molecule is CCOC(=O)C1=C(O)C2=C(CC1c1ccc(OC)cc1)c1c(ccc3ccccc13)NC2c1ccc(Cl)cc1. The number of carbonyl (C=O) groups is 1. The zero-order chi connectivity index (χ0) is 27.1. The number of rotatable bonds is 5. The van der Waals surface area contributed by atoms with Gasteiger partial charge in [-0.15, -0.1) is 0 Å². The summed E-state index contributed by atoms with van der Waals surface area (Å²) in [7, 11) is 1.62. The third-order valence-corrected chi connectivity index (χ3v) is 7.88. The maximum Gasteiger partial charge on any atom is 0.338 e. The van der Waals surface area contributed by atoms with E-state index < -0.39 is 11.9 Å². The fourth-order valence-electron chi connectivity index (χ4n) is 5.84.